The van der Waals surface area contributed by atoms with Gasteiger partial charge in [-0.1, -0.05) is 0 Å². The molecular formula is C11H19N3O5. The van der Waals surface area contributed by atoms with Gasteiger partial charge in [0, 0.05) is 0 Å². The number of rotatable bonds is 6. The molecule has 0 radical (unpaired) electrons. The number of hydrogen-bond donors (Lipinski definition) is 5. The number of nitrogens with one attached hydrogen (secondary N) is 3. The zero-order valence-corrected chi connectivity index (χ0v) is 10.7. The van der Waals surface area contributed by atoms with Crippen LogP contribution in [0.5, 0.6) is 0 Å². The Kier molecular flexibility index (Phi) is 5.71. The van der Waals surface area contributed by atoms with Gasteiger partial charge < -0.3 is 26.2 Å². The summed E-state index contributed by atoms with van der Waals surface area (Å²) in [5.41, 5.74) is 0. The van der Waals surface area contributed by atoms with Gasteiger partial charge in [-0.3, -0.25) is 9.59 Å². The van der Waals surface area contributed by atoms with E-state index in [1.807, 2.05) is 0 Å². The molecule has 0 aromatic heterocycles. The highest BCUT2D eigenvalue weighted by Gasteiger charge is 2.26. The van der Waals surface area contributed by atoms with Crippen molar-refractivity contribution in [1.29, 1.82) is 0 Å². The minimum atomic E-state index is -1.38. The summed E-state index contributed by atoms with van der Waals surface area (Å²) in [4.78, 5) is 33.8. The van der Waals surface area contributed by atoms with Crippen molar-refractivity contribution < 1.29 is 24.6 Å². The van der Waals surface area contributed by atoms with Crippen LogP contribution in [0.3, 0.4) is 0 Å². The second-order valence-corrected chi connectivity index (χ2v) is 4.49. The standard InChI is InChI=1S/C11H19N3O5/c1-6(15)9(11(18)19)14-8(16)5-13-10(17)7-3-2-4-12-7/h6-7,9,12,15H,2-5H2,1H3,(H,13,17)(H,14,16)(H,18,19). The van der Waals surface area contributed by atoms with Crippen LogP contribution in [0, 0.1) is 0 Å². The summed E-state index contributed by atoms with van der Waals surface area (Å²) in [5.74, 6) is -2.26. The second kappa shape index (κ2) is 7.05. The Hall–Kier alpha value is -1.67. The first-order valence-electron chi connectivity index (χ1n) is 6.13. The first-order valence-corrected chi connectivity index (χ1v) is 6.13. The number of amides is 2. The number of carbonyl (C=O) groups excluding carboxylic acids is 2. The summed E-state index contributed by atoms with van der Waals surface area (Å²) < 4.78 is 0. The number of aliphatic hydroxyl groups excluding tert-OH is 1. The van der Waals surface area contributed by atoms with Gasteiger partial charge in [-0.2, -0.15) is 0 Å². The Morgan fingerprint density at radius 2 is 2.11 bits per heavy atom. The molecule has 2 amide bonds. The van der Waals surface area contributed by atoms with E-state index in [2.05, 4.69) is 16.0 Å². The summed E-state index contributed by atoms with van der Waals surface area (Å²) >= 11 is 0. The largest absolute Gasteiger partial charge is 0.480 e. The number of aliphatic hydroxyl groups is 1. The molecule has 3 atom stereocenters. The number of aliphatic carboxylic acids is 1. The van der Waals surface area contributed by atoms with Crippen molar-refractivity contribution in [2.75, 3.05) is 13.1 Å². The number of carboxylic acid groups (broad SMARTS) is 1. The molecule has 0 aromatic carbocycles. The Balaban J connectivity index is 2.34. The normalized spacial score (nSPS) is 21.5. The van der Waals surface area contributed by atoms with E-state index in [4.69, 9.17) is 5.11 Å². The van der Waals surface area contributed by atoms with Gasteiger partial charge in [-0.15, -0.1) is 0 Å². The smallest absolute Gasteiger partial charge is 0.328 e. The predicted octanol–water partition coefficient (Wildman–Crippen LogP) is -2.20. The highest BCUT2D eigenvalue weighted by molar-refractivity contribution is 5.89. The third-order valence-electron chi connectivity index (χ3n) is 2.86. The molecule has 1 rings (SSSR count). The SMILES string of the molecule is CC(O)C(NC(=O)CNC(=O)C1CCCN1)C(=O)O. The molecule has 8 nitrogen and oxygen atoms in total. The van der Waals surface area contributed by atoms with E-state index >= 15 is 0 Å². The van der Waals surface area contributed by atoms with E-state index in [0.29, 0.717) is 0 Å². The Morgan fingerprint density at radius 1 is 1.42 bits per heavy atom. The molecule has 0 aromatic rings. The first-order chi connectivity index (χ1) is 8.91. The Morgan fingerprint density at radius 3 is 2.58 bits per heavy atom. The van der Waals surface area contributed by atoms with Crippen LogP contribution in [0.2, 0.25) is 0 Å². The van der Waals surface area contributed by atoms with Gasteiger partial charge in [-0.25, -0.2) is 4.79 Å². The lowest BCUT2D eigenvalue weighted by Gasteiger charge is -2.17. The number of hydrogen-bond acceptors (Lipinski definition) is 5. The highest BCUT2D eigenvalue weighted by atomic mass is 16.4. The van der Waals surface area contributed by atoms with Crippen molar-refractivity contribution in [2.45, 2.75) is 38.0 Å². The fraction of sp³-hybridized carbons (Fsp3) is 0.727. The van der Waals surface area contributed by atoms with Crippen LogP contribution in [0.1, 0.15) is 19.8 Å². The van der Waals surface area contributed by atoms with Crippen molar-refractivity contribution in [2.24, 2.45) is 0 Å². The monoisotopic (exact) mass is 273 g/mol. The van der Waals surface area contributed by atoms with Crippen LogP contribution in [0.4, 0.5) is 0 Å². The zero-order chi connectivity index (χ0) is 14.4. The maximum atomic E-state index is 11.6. The third kappa shape index (κ3) is 4.84. The maximum absolute atomic E-state index is 11.6. The molecule has 19 heavy (non-hydrogen) atoms. The van der Waals surface area contributed by atoms with E-state index in [-0.39, 0.29) is 18.5 Å². The minimum Gasteiger partial charge on any atom is -0.480 e. The van der Waals surface area contributed by atoms with E-state index in [1.54, 1.807) is 0 Å². The molecule has 1 heterocycles. The third-order valence-corrected chi connectivity index (χ3v) is 2.86. The van der Waals surface area contributed by atoms with Crippen molar-refractivity contribution in [3.05, 3.63) is 0 Å². The minimum absolute atomic E-state index is 0.281. The van der Waals surface area contributed by atoms with Gasteiger partial charge >= 0.3 is 5.97 Å². The molecule has 1 saturated heterocycles. The lowest BCUT2D eigenvalue weighted by Crippen LogP contribution is -2.51. The van der Waals surface area contributed by atoms with Crippen LogP contribution in [-0.2, 0) is 14.4 Å². The molecule has 3 unspecified atom stereocenters. The fourth-order valence-corrected chi connectivity index (χ4v) is 1.81. The van der Waals surface area contributed by atoms with Crippen molar-refractivity contribution in [3.8, 4) is 0 Å². The van der Waals surface area contributed by atoms with E-state index in [9.17, 15) is 19.5 Å². The molecule has 0 spiro atoms. The van der Waals surface area contributed by atoms with Crippen molar-refractivity contribution in [3.63, 3.8) is 0 Å². The lowest BCUT2D eigenvalue weighted by molar-refractivity contribution is -0.144. The molecule has 5 N–H and O–H groups in total. The van der Waals surface area contributed by atoms with Crippen LogP contribution in [0.25, 0.3) is 0 Å². The fourth-order valence-electron chi connectivity index (χ4n) is 1.81. The van der Waals surface area contributed by atoms with Crippen molar-refractivity contribution in [1.82, 2.24) is 16.0 Å². The molecule has 1 aliphatic rings. The zero-order valence-electron chi connectivity index (χ0n) is 10.7. The molecule has 8 heteroatoms. The highest BCUT2D eigenvalue weighted by Crippen LogP contribution is 2.04. The van der Waals surface area contributed by atoms with Crippen LogP contribution in [0.15, 0.2) is 0 Å². The molecule has 1 fully saturated rings. The average molecular weight is 273 g/mol. The van der Waals surface area contributed by atoms with Crippen LogP contribution >= 0.6 is 0 Å². The summed E-state index contributed by atoms with van der Waals surface area (Å²) in [6.45, 7) is 1.72. The van der Waals surface area contributed by atoms with Crippen LogP contribution < -0.4 is 16.0 Å². The molecule has 1 aliphatic heterocycles. The second-order valence-electron chi connectivity index (χ2n) is 4.49. The van der Waals surface area contributed by atoms with Gasteiger partial charge in [0.2, 0.25) is 11.8 Å². The first kappa shape index (κ1) is 15.4. The summed E-state index contributed by atoms with van der Waals surface area (Å²) in [5, 5.41) is 25.5. The van der Waals surface area contributed by atoms with Crippen molar-refractivity contribution >= 4 is 17.8 Å². The molecule has 108 valence electrons. The maximum Gasteiger partial charge on any atom is 0.328 e. The molecular weight excluding hydrogens is 254 g/mol. The van der Waals surface area contributed by atoms with Gasteiger partial charge in [0.1, 0.15) is 0 Å². The average Bonchev–Trinajstić information content (AvgIpc) is 2.85. The quantitative estimate of drug-likeness (QED) is 0.374. The number of carbonyl (C=O) groups is 3. The summed E-state index contributed by atoms with van der Waals surface area (Å²) in [6, 6.07) is -1.67. The molecule has 0 aliphatic carbocycles. The summed E-state index contributed by atoms with van der Waals surface area (Å²) in [6.07, 6.45) is 0.417. The summed E-state index contributed by atoms with van der Waals surface area (Å²) in [7, 11) is 0. The molecule has 0 saturated carbocycles. The van der Waals surface area contributed by atoms with Gasteiger partial charge in [0.05, 0.1) is 18.7 Å². The van der Waals surface area contributed by atoms with Gasteiger partial charge in [-0.05, 0) is 26.3 Å². The van der Waals surface area contributed by atoms with Gasteiger partial charge in [0.25, 0.3) is 0 Å². The van der Waals surface area contributed by atoms with Crippen LogP contribution in [-0.4, -0.2) is 59.3 Å². The van der Waals surface area contributed by atoms with Gasteiger partial charge in [0.15, 0.2) is 6.04 Å². The topological polar surface area (TPSA) is 128 Å². The predicted molar refractivity (Wildman–Crippen MR) is 65.3 cm³/mol. The Bertz CT molecular complexity index is 352. The number of carboxylic acids is 1. The Labute approximate surface area is 110 Å². The van der Waals surface area contributed by atoms with E-state index in [0.717, 1.165) is 19.4 Å². The lowest BCUT2D eigenvalue weighted by atomic mass is 10.2. The van der Waals surface area contributed by atoms with E-state index in [1.165, 1.54) is 6.92 Å². The van der Waals surface area contributed by atoms with E-state index < -0.39 is 24.0 Å². The molecule has 0 bridgehead atoms.